The summed E-state index contributed by atoms with van der Waals surface area (Å²) in [5.74, 6) is -0.179. The van der Waals surface area contributed by atoms with Gasteiger partial charge in [0.05, 0.1) is 39.9 Å². The lowest BCUT2D eigenvalue weighted by atomic mass is 10.0. The Labute approximate surface area is 451 Å². The number of unbranched alkanes of at least 4 members (excludes halogenated alkanes) is 27. The summed E-state index contributed by atoms with van der Waals surface area (Å²) >= 11 is 0. The predicted molar refractivity (Wildman–Crippen MR) is 318 cm³/mol. The molecule has 0 aliphatic rings. The number of phosphoric ester groups is 1. The number of allylic oxidation sites excluding steroid dienone is 15. The van der Waals surface area contributed by atoms with Gasteiger partial charge in [0.1, 0.15) is 13.2 Å². The van der Waals surface area contributed by atoms with Gasteiger partial charge in [0.2, 0.25) is 5.91 Å². The van der Waals surface area contributed by atoms with Crippen LogP contribution >= 0.6 is 7.82 Å². The summed E-state index contributed by atoms with van der Waals surface area (Å²) < 4.78 is 23.7. The largest absolute Gasteiger partial charge is 0.472 e. The van der Waals surface area contributed by atoms with Gasteiger partial charge >= 0.3 is 7.82 Å². The van der Waals surface area contributed by atoms with E-state index in [1.54, 1.807) is 6.08 Å². The number of aliphatic hydroxyl groups is 1. The summed E-state index contributed by atoms with van der Waals surface area (Å²) in [6.45, 7) is 4.69. The van der Waals surface area contributed by atoms with Gasteiger partial charge in [0.25, 0.3) is 0 Å². The third-order valence-corrected chi connectivity index (χ3v) is 14.0. The van der Waals surface area contributed by atoms with Crippen molar-refractivity contribution in [3.63, 3.8) is 0 Å². The van der Waals surface area contributed by atoms with Gasteiger partial charge in [-0.25, -0.2) is 4.57 Å². The molecule has 3 N–H and O–H groups in total. The number of nitrogens with one attached hydrogen (secondary N) is 1. The van der Waals surface area contributed by atoms with Crippen molar-refractivity contribution in [1.82, 2.24) is 5.32 Å². The molecule has 0 heterocycles. The van der Waals surface area contributed by atoms with Crippen molar-refractivity contribution in [1.29, 1.82) is 0 Å². The average Bonchev–Trinajstić information content (AvgIpc) is 3.35. The highest BCUT2D eigenvalue weighted by atomic mass is 31.2. The van der Waals surface area contributed by atoms with Gasteiger partial charge < -0.3 is 19.8 Å². The lowest BCUT2D eigenvalue weighted by molar-refractivity contribution is -0.870. The highest BCUT2D eigenvalue weighted by Gasteiger charge is 2.27. The van der Waals surface area contributed by atoms with Crippen molar-refractivity contribution >= 4 is 13.7 Å². The van der Waals surface area contributed by atoms with Crippen molar-refractivity contribution in [3.8, 4) is 0 Å². The van der Waals surface area contributed by atoms with Crippen LogP contribution in [0.3, 0.4) is 0 Å². The molecule has 3 atom stereocenters. The second kappa shape index (κ2) is 54.2. The molecule has 0 radical (unpaired) electrons. The van der Waals surface area contributed by atoms with Crippen LogP contribution in [0.1, 0.15) is 251 Å². The first kappa shape index (κ1) is 70.4. The lowest BCUT2D eigenvalue weighted by Gasteiger charge is -2.25. The van der Waals surface area contributed by atoms with Crippen LogP contribution in [-0.2, 0) is 18.4 Å². The van der Waals surface area contributed by atoms with E-state index < -0.39 is 20.0 Å². The lowest BCUT2D eigenvalue weighted by Crippen LogP contribution is -2.45. The van der Waals surface area contributed by atoms with Gasteiger partial charge in [-0.2, -0.15) is 0 Å². The van der Waals surface area contributed by atoms with E-state index in [0.29, 0.717) is 17.4 Å². The first-order chi connectivity index (χ1) is 35.5. The minimum Gasteiger partial charge on any atom is -0.387 e. The van der Waals surface area contributed by atoms with Gasteiger partial charge in [0.15, 0.2) is 0 Å². The van der Waals surface area contributed by atoms with Crippen molar-refractivity contribution < 1.29 is 32.9 Å². The number of aliphatic hydroxyl groups excluding tert-OH is 1. The number of phosphoric acid groups is 1. The van der Waals surface area contributed by atoms with Crippen LogP contribution in [0.2, 0.25) is 0 Å². The van der Waals surface area contributed by atoms with Crippen molar-refractivity contribution in [2.75, 3.05) is 40.9 Å². The Hall–Kier alpha value is -2.58. The molecule has 1 amide bonds. The van der Waals surface area contributed by atoms with Crippen LogP contribution in [0.15, 0.2) is 97.2 Å². The average molecular weight is 1040 g/mol. The number of likely N-dealkylation sites (N-methyl/N-ethyl adjacent to an activating group) is 1. The van der Waals surface area contributed by atoms with Crippen LogP contribution in [-0.4, -0.2) is 73.4 Å². The number of rotatable bonds is 54. The molecule has 0 aromatic carbocycles. The summed E-state index contributed by atoms with van der Waals surface area (Å²) in [7, 11) is 1.57. The Bertz CT molecular complexity index is 1510. The standard InChI is InChI=1S/C64H115N2O6P/c1-6-8-10-12-14-16-18-20-21-22-23-24-25-26-27-28-29-30-31-32-33-34-35-36-37-38-39-40-41-42-43-44-45-46-48-50-52-54-56-58-64(68)65-62(61-72-73(69,70)71-60-59-66(3,4)5)63(67)57-55-53-51-49-47-19-17-15-13-11-9-7-2/h8,10,14,16,20-21,23-24,26-27,29-30,32-33,55,57,62-63,67H,6-7,9,11-13,15,17-19,22,25,28,31,34-54,56,58-61H2,1-5H3,(H-,65,68,69,70)/p+1/b10-8-,16-14-,21-20-,24-23-,27-26-,30-29-,33-32-,57-55+. The van der Waals surface area contributed by atoms with Crippen LogP contribution in [0.5, 0.6) is 0 Å². The summed E-state index contributed by atoms with van der Waals surface area (Å²) in [5.41, 5.74) is 0. The van der Waals surface area contributed by atoms with E-state index in [0.717, 1.165) is 83.5 Å². The van der Waals surface area contributed by atoms with E-state index in [4.69, 9.17) is 9.05 Å². The number of carbonyl (C=O) groups excluding carboxylic acids is 1. The van der Waals surface area contributed by atoms with Crippen molar-refractivity contribution in [3.05, 3.63) is 97.2 Å². The van der Waals surface area contributed by atoms with Gasteiger partial charge in [-0.15, -0.1) is 0 Å². The summed E-state index contributed by atoms with van der Waals surface area (Å²) in [5, 5.41) is 13.9. The fourth-order valence-electron chi connectivity index (χ4n) is 8.38. The molecule has 3 unspecified atom stereocenters. The number of hydrogen-bond acceptors (Lipinski definition) is 5. The number of amides is 1. The first-order valence-corrected chi connectivity index (χ1v) is 31.6. The Balaban J connectivity index is 3.96. The van der Waals surface area contributed by atoms with Gasteiger partial charge in [-0.3, -0.25) is 13.8 Å². The van der Waals surface area contributed by atoms with Crippen LogP contribution in [0, 0.1) is 0 Å². The minimum absolute atomic E-state index is 0.0595. The van der Waals surface area contributed by atoms with Crippen molar-refractivity contribution in [2.45, 2.75) is 264 Å². The van der Waals surface area contributed by atoms with E-state index in [-0.39, 0.29) is 19.1 Å². The zero-order valence-corrected chi connectivity index (χ0v) is 49.0. The maximum Gasteiger partial charge on any atom is 0.472 e. The predicted octanol–water partition coefficient (Wildman–Crippen LogP) is 18.6. The quantitative estimate of drug-likeness (QED) is 0.0243. The summed E-state index contributed by atoms with van der Waals surface area (Å²) in [6, 6.07) is -0.848. The topological polar surface area (TPSA) is 105 Å². The molecule has 9 heteroatoms. The zero-order chi connectivity index (χ0) is 53.5. The fourth-order valence-corrected chi connectivity index (χ4v) is 9.11. The molecule has 0 aliphatic heterocycles. The molecule has 73 heavy (non-hydrogen) atoms. The van der Waals surface area contributed by atoms with E-state index >= 15 is 0 Å². The maximum atomic E-state index is 13.0. The number of nitrogens with zero attached hydrogens (tertiary/aromatic N) is 1. The summed E-state index contributed by atoms with van der Waals surface area (Å²) in [4.78, 5) is 23.3. The van der Waals surface area contributed by atoms with Gasteiger partial charge in [-0.1, -0.05) is 265 Å². The molecular formula is C64H116N2O6P+. The molecule has 0 rings (SSSR count). The Morgan fingerprint density at radius 3 is 1.21 bits per heavy atom. The Morgan fingerprint density at radius 1 is 0.479 bits per heavy atom. The molecule has 0 spiro atoms. The molecule has 0 aliphatic carbocycles. The van der Waals surface area contributed by atoms with E-state index in [1.165, 1.54) is 148 Å². The molecule has 0 fully saturated rings. The van der Waals surface area contributed by atoms with Gasteiger partial charge in [0, 0.05) is 6.42 Å². The minimum atomic E-state index is -4.34. The van der Waals surface area contributed by atoms with Crippen LogP contribution < -0.4 is 5.32 Å². The third kappa shape index (κ3) is 57.0. The normalized spacial score (nSPS) is 14.6. The number of quaternary nitrogens is 1. The second-order valence-electron chi connectivity index (χ2n) is 21.3. The monoisotopic (exact) mass is 1040 g/mol. The number of hydrogen-bond donors (Lipinski definition) is 3. The SMILES string of the molecule is CC/C=C\C/C=C\C/C=C\C/C=C\C/C=C\C/C=C\C/C=C\CCCCCCCCCCCCCCCCCCCC(=O)NC(COP(=O)(O)OCC[N+](C)(C)C)C(O)/C=C/CCCCCCCCCCCC. The summed E-state index contributed by atoms with van der Waals surface area (Å²) in [6.07, 6.45) is 78.1. The zero-order valence-electron chi connectivity index (χ0n) is 48.1. The molecule has 0 aromatic rings. The fraction of sp³-hybridized carbons (Fsp3) is 0.734. The molecule has 422 valence electrons. The highest BCUT2D eigenvalue weighted by molar-refractivity contribution is 7.47. The van der Waals surface area contributed by atoms with Gasteiger partial charge in [-0.05, 0) is 77.0 Å². The second-order valence-corrected chi connectivity index (χ2v) is 22.8. The maximum absolute atomic E-state index is 13.0. The van der Waals surface area contributed by atoms with Crippen molar-refractivity contribution in [2.24, 2.45) is 0 Å². The molecular weight excluding hydrogens is 924 g/mol. The van der Waals surface area contributed by atoms with E-state index in [1.807, 2.05) is 27.2 Å². The van der Waals surface area contributed by atoms with E-state index in [9.17, 15) is 19.4 Å². The smallest absolute Gasteiger partial charge is 0.387 e. The molecule has 0 saturated carbocycles. The molecule has 0 saturated heterocycles. The Morgan fingerprint density at radius 2 is 0.822 bits per heavy atom. The molecule has 0 aromatic heterocycles. The number of carbonyl (C=O) groups is 1. The van der Waals surface area contributed by atoms with E-state index in [2.05, 4.69) is 104 Å². The Kier molecular flexibility index (Phi) is 52.3. The first-order valence-electron chi connectivity index (χ1n) is 30.1. The highest BCUT2D eigenvalue weighted by Crippen LogP contribution is 2.43. The van der Waals surface area contributed by atoms with Crippen LogP contribution in [0.4, 0.5) is 0 Å². The molecule has 0 bridgehead atoms. The molecule has 8 nitrogen and oxygen atoms in total. The third-order valence-electron chi connectivity index (χ3n) is 13.1. The van der Waals surface area contributed by atoms with Crippen LogP contribution in [0.25, 0.3) is 0 Å².